The Balaban J connectivity index is 2.19. The number of anilines is 2. The predicted octanol–water partition coefficient (Wildman–Crippen LogP) is 3.80. The van der Waals surface area contributed by atoms with Crippen molar-refractivity contribution in [1.82, 2.24) is 0 Å². The molecule has 0 bridgehead atoms. The highest BCUT2D eigenvalue weighted by Gasteiger charge is 2.06. The van der Waals surface area contributed by atoms with E-state index in [1.807, 2.05) is 18.2 Å². The largest absolute Gasteiger partial charge is 0.497 e. The van der Waals surface area contributed by atoms with Gasteiger partial charge in [-0.25, -0.2) is 0 Å². The molecule has 0 atom stereocenters. The van der Waals surface area contributed by atoms with Gasteiger partial charge in [-0.3, -0.25) is 10.9 Å². The number of benzene rings is 2. The lowest BCUT2D eigenvalue weighted by Crippen LogP contribution is -2.10. The Morgan fingerprint density at radius 1 is 0.762 bits per heavy atom. The monoisotopic (exact) mass is 308 g/mol. The van der Waals surface area contributed by atoms with E-state index in [-0.39, 0.29) is 0 Å². The minimum atomic E-state index is 0.574. The average Bonchev–Trinajstić information content (AvgIpc) is 2.53. The highest BCUT2D eigenvalue weighted by molar-refractivity contribution is 6.33. The Morgan fingerprint density at radius 2 is 1.33 bits per heavy atom. The third-order valence-electron chi connectivity index (χ3n) is 2.91. The first-order chi connectivity index (χ1) is 10.2. The Bertz CT molecular complexity index is 620. The van der Waals surface area contributed by atoms with Crippen molar-refractivity contribution in [3.8, 4) is 17.2 Å². The fraction of sp³-hybridized carbons (Fsp3) is 0.200. The maximum absolute atomic E-state index is 6.14. The molecule has 0 amide bonds. The normalized spacial score (nSPS) is 9.90. The van der Waals surface area contributed by atoms with Crippen molar-refractivity contribution in [3.63, 3.8) is 0 Å². The van der Waals surface area contributed by atoms with Gasteiger partial charge in [0.25, 0.3) is 0 Å². The van der Waals surface area contributed by atoms with Crippen molar-refractivity contribution in [1.29, 1.82) is 0 Å². The summed E-state index contributed by atoms with van der Waals surface area (Å²) in [6, 6.07) is 10.8. The van der Waals surface area contributed by atoms with Crippen LogP contribution in [0.5, 0.6) is 17.2 Å². The predicted molar refractivity (Wildman–Crippen MR) is 84.8 cm³/mol. The standard InChI is InChI=1S/C15H17ClN2O3/c1-19-10-4-6-12(16)13(8-10)17-18-14-9-11(20-2)5-7-15(14)21-3/h4-9,17-18H,1-3H3. The summed E-state index contributed by atoms with van der Waals surface area (Å²) in [7, 11) is 4.81. The molecular formula is C15H17ClN2O3. The van der Waals surface area contributed by atoms with Gasteiger partial charge in [0, 0.05) is 12.1 Å². The molecule has 0 saturated carbocycles. The third kappa shape index (κ3) is 3.64. The van der Waals surface area contributed by atoms with Crippen molar-refractivity contribution in [2.24, 2.45) is 0 Å². The fourth-order valence-corrected chi connectivity index (χ4v) is 1.94. The van der Waals surface area contributed by atoms with Gasteiger partial charge in [-0.15, -0.1) is 0 Å². The topological polar surface area (TPSA) is 51.8 Å². The number of hydrogen-bond acceptors (Lipinski definition) is 5. The molecule has 0 aliphatic rings. The van der Waals surface area contributed by atoms with Gasteiger partial charge >= 0.3 is 0 Å². The van der Waals surface area contributed by atoms with E-state index >= 15 is 0 Å². The molecule has 6 heteroatoms. The molecule has 0 radical (unpaired) electrons. The smallest absolute Gasteiger partial charge is 0.144 e. The molecular weight excluding hydrogens is 292 g/mol. The summed E-state index contributed by atoms with van der Waals surface area (Å²) in [5.74, 6) is 2.11. The molecule has 2 aromatic rings. The first-order valence-electron chi connectivity index (χ1n) is 6.25. The quantitative estimate of drug-likeness (QED) is 0.795. The van der Waals surface area contributed by atoms with E-state index in [0.29, 0.717) is 22.2 Å². The minimum absolute atomic E-state index is 0.574. The molecule has 0 spiro atoms. The summed E-state index contributed by atoms with van der Waals surface area (Å²) in [6.45, 7) is 0. The second-order valence-electron chi connectivity index (χ2n) is 4.16. The van der Waals surface area contributed by atoms with Gasteiger partial charge in [0.15, 0.2) is 0 Å². The zero-order valence-electron chi connectivity index (χ0n) is 12.1. The van der Waals surface area contributed by atoms with Gasteiger partial charge < -0.3 is 14.2 Å². The number of rotatable bonds is 6. The second-order valence-corrected chi connectivity index (χ2v) is 4.57. The highest BCUT2D eigenvalue weighted by Crippen LogP contribution is 2.31. The van der Waals surface area contributed by atoms with Gasteiger partial charge in [0.2, 0.25) is 0 Å². The van der Waals surface area contributed by atoms with Crippen molar-refractivity contribution in [2.75, 3.05) is 32.2 Å². The zero-order valence-corrected chi connectivity index (χ0v) is 12.8. The van der Waals surface area contributed by atoms with E-state index in [1.165, 1.54) is 0 Å². The summed E-state index contributed by atoms with van der Waals surface area (Å²) in [5.41, 5.74) is 7.51. The first kappa shape index (κ1) is 15.1. The molecule has 2 rings (SSSR count). The molecule has 21 heavy (non-hydrogen) atoms. The first-order valence-corrected chi connectivity index (χ1v) is 6.63. The molecule has 0 aromatic heterocycles. The lowest BCUT2D eigenvalue weighted by Gasteiger charge is -2.15. The summed E-state index contributed by atoms with van der Waals surface area (Å²) < 4.78 is 15.7. The van der Waals surface area contributed by atoms with Crippen LogP contribution in [0.15, 0.2) is 36.4 Å². The van der Waals surface area contributed by atoms with Crippen LogP contribution < -0.4 is 25.1 Å². The number of ether oxygens (including phenoxy) is 3. The summed E-state index contributed by atoms with van der Waals surface area (Å²) in [5, 5.41) is 0.574. The second kappa shape index (κ2) is 6.95. The van der Waals surface area contributed by atoms with Gasteiger partial charge in [-0.05, 0) is 24.3 Å². The lowest BCUT2D eigenvalue weighted by molar-refractivity contribution is 0.404. The lowest BCUT2D eigenvalue weighted by atomic mass is 10.2. The SMILES string of the molecule is COc1ccc(Cl)c(NNc2cc(OC)ccc2OC)c1. The van der Waals surface area contributed by atoms with Crippen LogP contribution in [0.2, 0.25) is 5.02 Å². The van der Waals surface area contributed by atoms with Crippen LogP contribution in [0.3, 0.4) is 0 Å². The van der Waals surface area contributed by atoms with E-state index in [2.05, 4.69) is 10.9 Å². The Labute approximate surface area is 128 Å². The molecule has 0 saturated heterocycles. The van der Waals surface area contributed by atoms with Crippen LogP contribution in [0.25, 0.3) is 0 Å². The highest BCUT2D eigenvalue weighted by atomic mass is 35.5. The molecule has 0 aliphatic carbocycles. The number of halogens is 1. The van der Waals surface area contributed by atoms with Crippen molar-refractivity contribution >= 4 is 23.0 Å². The van der Waals surface area contributed by atoms with Crippen LogP contribution in [-0.4, -0.2) is 21.3 Å². The summed E-state index contributed by atoms with van der Waals surface area (Å²) in [6.07, 6.45) is 0. The fourth-order valence-electron chi connectivity index (χ4n) is 1.77. The number of hydrogen-bond donors (Lipinski definition) is 2. The van der Waals surface area contributed by atoms with E-state index < -0.39 is 0 Å². The maximum atomic E-state index is 6.14. The van der Waals surface area contributed by atoms with Crippen LogP contribution in [0, 0.1) is 0 Å². The van der Waals surface area contributed by atoms with Crippen molar-refractivity contribution < 1.29 is 14.2 Å². The van der Waals surface area contributed by atoms with Crippen LogP contribution in [0.1, 0.15) is 0 Å². The molecule has 5 nitrogen and oxygen atoms in total. The molecule has 112 valence electrons. The minimum Gasteiger partial charge on any atom is -0.497 e. The maximum Gasteiger partial charge on any atom is 0.144 e. The number of methoxy groups -OCH3 is 3. The van der Waals surface area contributed by atoms with Gasteiger partial charge in [-0.2, -0.15) is 0 Å². The van der Waals surface area contributed by atoms with Crippen LogP contribution in [-0.2, 0) is 0 Å². The van der Waals surface area contributed by atoms with Crippen LogP contribution in [0.4, 0.5) is 11.4 Å². The average molecular weight is 309 g/mol. The zero-order chi connectivity index (χ0) is 15.2. The Morgan fingerprint density at radius 3 is 1.95 bits per heavy atom. The van der Waals surface area contributed by atoms with Gasteiger partial charge in [0.05, 0.1) is 37.7 Å². The molecule has 0 aliphatic heterocycles. The van der Waals surface area contributed by atoms with Gasteiger partial charge in [-0.1, -0.05) is 11.6 Å². The van der Waals surface area contributed by atoms with Crippen molar-refractivity contribution in [2.45, 2.75) is 0 Å². The summed E-state index contributed by atoms with van der Waals surface area (Å²) in [4.78, 5) is 0. The van der Waals surface area contributed by atoms with Crippen LogP contribution >= 0.6 is 11.6 Å². The third-order valence-corrected chi connectivity index (χ3v) is 3.24. The Kier molecular flexibility index (Phi) is 5.00. The molecule has 2 N–H and O–H groups in total. The molecule has 2 aromatic carbocycles. The summed E-state index contributed by atoms with van der Waals surface area (Å²) >= 11 is 6.14. The van der Waals surface area contributed by atoms with E-state index in [9.17, 15) is 0 Å². The van der Waals surface area contributed by atoms with E-state index in [1.54, 1.807) is 39.5 Å². The molecule has 0 heterocycles. The molecule has 0 fully saturated rings. The number of nitrogens with one attached hydrogen (secondary N) is 2. The Hall–Kier alpha value is -2.27. The van der Waals surface area contributed by atoms with Crippen molar-refractivity contribution in [3.05, 3.63) is 41.4 Å². The number of hydrazine groups is 1. The van der Waals surface area contributed by atoms with E-state index in [0.717, 1.165) is 11.4 Å². The van der Waals surface area contributed by atoms with E-state index in [4.69, 9.17) is 25.8 Å². The molecule has 0 unspecified atom stereocenters. The van der Waals surface area contributed by atoms with Gasteiger partial charge in [0.1, 0.15) is 17.2 Å².